The molecule has 0 aromatic heterocycles. The fourth-order valence-corrected chi connectivity index (χ4v) is 2.74. The van der Waals surface area contributed by atoms with Gasteiger partial charge in [0, 0.05) is 0 Å². The molecule has 0 fully saturated rings. The first kappa shape index (κ1) is 21.0. The zero-order valence-corrected chi connectivity index (χ0v) is 17.3. The maximum absolute atomic E-state index is 12.0. The largest absolute Gasteiger partial charge is 0.504 e. The second-order valence-electron chi connectivity index (χ2n) is 7.21. The fraction of sp³-hybridized carbons (Fsp3) is 0.300. The van der Waals surface area contributed by atoms with Crippen molar-refractivity contribution in [3.05, 3.63) is 52.5 Å². The molecule has 5 nitrogen and oxygen atoms in total. The fourth-order valence-electron chi connectivity index (χ4n) is 2.30. The average Bonchev–Trinajstić information content (AvgIpc) is 2.56. The van der Waals surface area contributed by atoms with Crippen molar-refractivity contribution in [2.75, 3.05) is 11.9 Å². The first-order valence-electron chi connectivity index (χ1n) is 8.39. The van der Waals surface area contributed by atoms with Gasteiger partial charge in [0.05, 0.1) is 10.7 Å². The normalized spacial score (nSPS) is 11.0. The number of halogens is 1. The Morgan fingerprint density at radius 2 is 1.96 bits per heavy atom. The molecule has 0 aliphatic heterocycles. The number of benzene rings is 2. The molecular formula is C20H23ClN2O3S. The number of aromatic hydroxyl groups is 1. The number of ether oxygens (including phenoxy) is 1. The van der Waals surface area contributed by atoms with Gasteiger partial charge < -0.3 is 15.2 Å². The molecule has 1 amide bonds. The highest BCUT2D eigenvalue weighted by atomic mass is 35.5. The number of amides is 1. The summed E-state index contributed by atoms with van der Waals surface area (Å²) in [6.45, 7) is 7.85. The van der Waals surface area contributed by atoms with Gasteiger partial charge in [0.1, 0.15) is 5.75 Å². The van der Waals surface area contributed by atoms with Gasteiger partial charge in [-0.05, 0) is 59.9 Å². The molecule has 2 aromatic carbocycles. The number of hydrogen-bond donors (Lipinski definition) is 3. The molecule has 0 atom stereocenters. The Kier molecular flexibility index (Phi) is 6.68. The Morgan fingerprint density at radius 1 is 1.26 bits per heavy atom. The number of thiocarbonyl (C=S) groups is 1. The summed E-state index contributed by atoms with van der Waals surface area (Å²) in [7, 11) is 0. The number of anilines is 1. The Balaban J connectivity index is 1.99. The second kappa shape index (κ2) is 8.59. The summed E-state index contributed by atoms with van der Waals surface area (Å²) in [5, 5.41) is 15.7. The highest BCUT2D eigenvalue weighted by Crippen LogP contribution is 2.37. The minimum atomic E-state index is -0.411. The lowest BCUT2D eigenvalue weighted by Crippen LogP contribution is -2.37. The maximum Gasteiger partial charge on any atom is 0.264 e. The standard InChI is InChI=1S/C20H23ClN2O3S/c1-12-6-5-7-14(8-12)26-11-17(24)23-19(27)22-16-10-13(20(2,3)4)9-15(21)18(16)25/h5-10,25H,11H2,1-4H3,(H2,22,23,24,27). The van der Waals surface area contributed by atoms with Crippen molar-refractivity contribution in [1.29, 1.82) is 0 Å². The van der Waals surface area contributed by atoms with Gasteiger partial charge in [0.2, 0.25) is 0 Å². The number of carbonyl (C=O) groups is 1. The molecule has 27 heavy (non-hydrogen) atoms. The zero-order valence-electron chi connectivity index (χ0n) is 15.7. The van der Waals surface area contributed by atoms with E-state index < -0.39 is 5.91 Å². The van der Waals surface area contributed by atoms with Crippen molar-refractivity contribution < 1.29 is 14.6 Å². The van der Waals surface area contributed by atoms with E-state index in [1.54, 1.807) is 18.2 Å². The molecule has 0 spiro atoms. The number of phenols is 1. The van der Waals surface area contributed by atoms with Crippen LogP contribution in [0.1, 0.15) is 31.9 Å². The third kappa shape index (κ3) is 6.12. The van der Waals surface area contributed by atoms with Gasteiger partial charge in [0.15, 0.2) is 17.5 Å². The molecule has 2 aromatic rings. The summed E-state index contributed by atoms with van der Waals surface area (Å²) >= 11 is 11.3. The summed E-state index contributed by atoms with van der Waals surface area (Å²) in [6.07, 6.45) is 0. The lowest BCUT2D eigenvalue weighted by molar-refractivity contribution is -0.121. The highest BCUT2D eigenvalue weighted by molar-refractivity contribution is 7.80. The minimum Gasteiger partial charge on any atom is -0.504 e. The zero-order chi connectivity index (χ0) is 20.2. The molecule has 2 rings (SSSR count). The molecular weight excluding hydrogens is 384 g/mol. The van der Waals surface area contributed by atoms with E-state index in [-0.39, 0.29) is 27.9 Å². The molecule has 7 heteroatoms. The molecule has 144 valence electrons. The molecule has 0 aliphatic rings. The summed E-state index contributed by atoms with van der Waals surface area (Å²) in [6, 6.07) is 10.9. The summed E-state index contributed by atoms with van der Waals surface area (Å²) in [5.41, 5.74) is 2.12. The van der Waals surface area contributed by atoms with Crippen molar-refractivity contribution >= 4 is 40.5 Å². The Hall–Kier alpha value is -2.31. The van der Waals surface area contributed by atoms with Crippen LogP contribution in [-0.4, -0.2) is 22.7 Å². The first-order chi connectivity index (χ1) is 12.6. The molecule has 0 bridgehead atoms. The van der Waals surface area contributed by atoms with Crippen LogP contribution in [-0.2, 0) is 10.2 Å². The Labute approximate surface area is 169 Å². The summed E-state index contributed by atoms with van der Waals surface area (Å²) in [4.78, 5) is 12.0. The Bertz CT molecular complexity index is 863. The number of hydrogen-bond acceptors (Lipinski definition) is 4. The van der Waals surface area contributed by atoms with E-state index in [4.69, 9.17) is 28.6 Å². The molecule has 3 N–H and O–H groups in total. The highest BCUT2D eigenvalue weighted by Gasteiger charge is 2.19. The summed E-state index contributed by atoms with van der Waals surface area (Å²) in [5.74, 6) is 0.0650. The van der Waals surface area contributed by atoms with Crippen LogP contribution in [0.25, 0.3) is 0 Å². The van der Waals surface area contributed by atoms with Gasteiger partial charge in [-0.1, -0.05) is 44.5 Å². The van der Waals surface area contributed by atoms with Crippen molar-refractivity contribution in [2.24, 2.45) is 0 Å². The summed E-state index contributed by atoms with van der Waals surface area (Å²) < 4.78 is 5.44. The average molecular weight is 407 g/mol. The molecule has 0 radical (unpaired) electrons. The van der Waals surface area contributed by atoms with Gasteiger partial charge in [-0.25, -0.2) is 0 Å². The predicted molar refractivity (Wildman–Crippen MR) is 113 cm³/mol. The number of nitrogens with one attached hydrogen (secondary N) is 2. The van der Waals surface area contributed by atoms with E-state index in [1.165, 1.54) is 0 Å². The van der Waals surface area contributed by atoms with E-state index in [1.807, 2.05) is 45.9 Å². The third-order valence-electron chi connectivity index (χ3n) is 3.79. The van der Waals surface area contributed by atoms with Gasteiger partial charge in [-0.2, -0.15) is 0 Å². The number of phenolic OH excluding ortho intramolecular Hbond substituents is 1. The number of carbonyl (C=O) groups excluding carboxylic acids is 1. The van der Waals surface area contributed by atoms with Crippen LogP contribution in [0.2, 0.25) is 5.02 Å². The Morgan fingerprint density at radius 3 is 2.59 bits per heavy atom. The quantitative estimate of drug-likeness (QED) is 0.513. The molecule has 0 aliphatic carbocycles. The van der Waals surface area contributed by atoms with Crippen LogP contribution in [0.4, 0.5) is 5.69 Å². The number of rotatable bonds is 4. The third-order valence-corrected chi connectivity index (χ3v) is 4.28. The van der Waals surface area contributed by atoms with Crippen LogP contribution >= 0.6 is 23.8 Å². The van der Waals surface area contributed by atoms with E-state index in [0.29, 0.717) is 11.4 Å². The van der Waals surface area contributed by atoms with Crippen LogP contribution in [0.15, 0.2) is 36.4 Å². The van der Waals surface area contributed by atoms with E-state index in [2.05, 4.69) is 10.6 Å². The SMILES string of the molecule is Cc1cccc(OCC(=O)NC(=S)Nc2cc(C(C)(C)C)cc(Cl)c2O)c1. The first-order valence-corrected chi connectivity index (χ1v) is 9.18. The lowest BCUT2D eigenvalue weighted by atomic mass is 9.87. The van der Waals surface area contributed by atoms with E-state index in [9.17, 15) is 9.90 Å². The van der Waals surface area contributed by atoms with Crippen LogP contribution in [0, 0.1) is 6.92 Å². The molecule has 0 unspecified atom stereocenters. The van der Waals surface area contributed by atoms with Crippen LogP contribution in [0.5, 0.6) is 11.5 Å². The van der Waals surface area contributed by atoms with E-state index in [0.717, 1.165) is 11.1 Å². The predicted octanol–water partition coefficient (Wildman–Crippen LogP) is 4.54. The van der Waals surface area contributed by atoms with Crippen LogP contribution in [0.3, 0.4) is 0 Å². The minimum absolute atomic E-state index is 0.0465. The number of aryl methyl sites for hydroxylation is 1. The van der Waals surface area contributed by atoms with Crippen molar-refractivity contribution in [1.82, 2.24) is 5.32 Å². The molecule has 0 saturated heterocycles. The van der Waals surface area contributed by atoms with E-state index >= 15 is 0 Å². The topological polar surface area (TPSA) is 70.6 Å². The smallest absolute Gasteiger partial charge is 0.264 e. The van der Waals surface area contributed by atoms with Gasteiger partial charge >= 0.3 is 0 Å². The van der Waals surface area contributed by atoms with Gasteiger partial charge in [-0.15, -0.1) is 0 Å². The van der Waals surface area contributed by atoms with Crippen molar-refractivity contribution in [3.8, 4) is 11.5 Å². The van der Waals surface area contributed by atoms with Crippen molar-refractivity contribution in [3.63, 3.8) is 0 Å². The maximum atomic E-state index is 12.0. The molecule has 0 saturated carbocycles. The van der Waals surface area contributed by atoms with Crippen LogP contribution < -0.4 is 15.4 Å². The second-order valence-corrected chi connectivity index (χ2v) is 8.03. The lowest BCUT2D eigenvalue weighted by Gasteiger charge is -2.21. The monoisotopic (exact) mass is 406 g/mol. The van der Waals surface area contributed by atoms with Gasteiger partial charge in [0.25, 0.3) is 5.91 Å². The van der Waals surface area contributed by atoms with Crippen molar-refractivity contribution in [2.45, 2.75) is 33.1 Å². The van der Waals surface area contributed by atoms with Gasteiger partial charge in [-0.3, -0.25) is 10.1 Å². The molecule has 0 heterocycles.